The molecule has 8 nitrogen and oxygen atoms in total. The summed E-state index contributed by atoms with van der Waals surface area (Å²) in [6.07, 6.45) is 1.89. The van der Waals surface area contributed by atoms with Crippen LogP contribution in [0, 0.1) is 5.92 Å². The predicted molar refractivity (Wildman–Crippen MR) is 107 cm³/mol. The van der Waals surface area contributed by atoms with Crippen molar-refractivity contribution >= 4 is 27.9 Å². The Morgan fingerprint density at radius 1 is 1.32 bits per heavy atom. The minimum atomic E-state index is -0.631. The van der Waals surface area contributed by atoms with E-state index in [4.69, 9.17) is 4.74 Å². The molecule has 150 valence electrons. The molecule has 1 aromatic heterocycles. The Hall–Kier alpha value is -2.39. The summed E-state index contributed by atoms with van der Waals surface area (Å²) in [7, 11) is 2.91. The van der Waals surface area contributed by atoms with Gasteiger partial charge < -0.3 is 24.7 Å². The van der Waals surface area contributed by atoms with Crippen molar-refractivity contribution in [2.45, 2.75) is 12.5 Å². The second-order valence-electron chi connectivity index (χ2n) is 6.65. The van der Waals surface area contributed by atoms with Crippen molar-refractivity contribution in [1.82, 2.24) is 20.2 Å². The Balaban J connectivity index is 1.77. The molecule has 1 saturated heterocycles. The molecule has 28 heavy (non-hydrogen) atoms. The van der Waals surface area contributed by atoms with Gasteiger partial charge in [0.2, 0.25) is 5.91 Å². The number of carbonyl (C=O) groups is 2. The third kappa shape index (κ3) is 4.71. The molecule has 3 rings (SSSR count). The van der Waals surface area contributed by atoms with Gasteiger partial charge in [-0.15, -0.1) is 0 Å². The van der Waals surface area contributed by atoms with Gasteiger partial charge in [0.15, 0.2) is 0 Å². The van der Waals surface area contributed by atoms with E-state index in [1.807, 2.05) is 24.3 Å². The number of hydrogen-bond acceptors (Lipinski definition) is 5. The van der Waals surface area contributed by atoms with Gasteiger partial charge in [-0.2, -0.15) is 0 Å². The highest BCUT2D eigenvalue weighted by molar-refractivity contribution is 9.10. The highest BCUT2D eigenvalue weighted by Gasteiger charge is 2.37. The molecular weight excluding hydrogens is 428 g/mol. The van der Waals surface area contributed by atoms with Gasteiger partial charge in [-0.05, 0) is 24.1 Å². The molecule has 0 unspecified atom stereocenters. The summed E-state index contributed by atoms with van der Waals surface area (Å²) in [5.74, 6) is 0.747. The van der Waals surface area contributed by atoms with Gasteiger partial charge >= 0.3 is 6.09 Å². The predicted octanol–water partition coefficient (Wildman–Crippen LogP) is 2.73. The van der Waals surface area contributed by atoms with E-state index in [1.54, 1.807) is 18.2 Å². The van der Waals surface area contributed by atoms with Crippen LogP contribution in [0.4, 0.5) is 4.79 Å². The zero-order valence-electron chi connectivity index (χ0n) is 15.8. The normalized spacial score (nSPS) is 18.9. The molecule has 1 aliphatic rings. The van der Waals surface area contributed by atoms with Crippen molar-refractivity contribution in [3.63, 3.8) is 0 Å². The molecule has 2 heterocycles. The van der Waals surface area contributed by atoms with Crippen LogP contribution in [0.3, 0.4) is 0 Å². The number of rotatable bonds is 6. The number of imidazole rings is 1. The number of carbonyl (C=O) groups excluding carboxylic acids is 2. The Bertz CT molecular complexity index is 824. The smallest absolute Gasteiger partial charge is 0.407 e. The number of benzene rings is 1. The summed E-state index contributed by atoms with van der Waals surface area (Å²) in [4.78, 5) is 33.6. The lowest BCUT2D eigenvalue weighted by Crippen LogP contribution is -2.40. The second kappa shape index (κ2) is 9.20. The number of likely N-dealkylation sites (tertiary alicyclic amines) is 1. The third-order valence-corrected chi connectivity index (χ3v) is 5.27. The number of amides is 2. The molecule has 0 saturated carbocycles. The van der Waals surface area contributed by atoms with E-state index in [1.165, 1.54) is 7.11 Å². The average Bonchev–Trinajstić information content (AvgIpc) is 3.34. The molecular formula is C19H23BrN4O4. The number of aromatic amines is 1. The first kappa shape index (κ1) is 20.3. The largest absolute Gasteiger partial charge is 0.453 e. The molecule has 2 aromatic rings. The van der Waals surface area contributed by atoms with Gasteiger partial charge in [0, 0.05) is 24.0 Å². The minimum absolute atomic E-state index is 0.122. The van der Waals surface area contributed by atoms with Gasteiger partial charge in [-0.1, -0.05) is 28.1 Å². The van der Waals surface area contributed by atoms with Gasteiger partial charge in [-0.25, -0.2) is 9.78 Å². The molecule has 0 aliphatic carbocycles. The fourth-order valence-electron chi connectivity index (χ4n) is 3.42. The molecule has 0 bridgehead atoms. The Morgan fingerprint density at radius 2 is 2.07 bits per heavy atom. The van der Waals surface area contributed by atoms with Crippen molar-refractivity contribution < 1.29 is 19.1 Å². The number of hydrogen-bond donors (Lipinski definition) is 2. The summed E-state index contributed by atoms with van der Waals surface area (Å²) in [6, 6.07) is 7.72. The van der Waals surface area contributed by atoms with Gasteiger partial charge in [0.1, 0.15) is 12.4 Å². The summed E-state index contributed by atoms with van der Waals surface area (Å²) in [5, 5.41) is 2.45. The first-order valence-corrected chi connectivity index (χ1v) is 9.72. The lowest BCUT2D eigenvalue weighted by molar-refractivity contribution is -0.131. The molecule has 9 heteroatoms. The van der Waals surface area contributed by atoms with Crippen LogP contribution in [0.2, 0.25) is 0 Å². The summed E-state index contributed by atoms with van der Waals surface area (Å²) < 4.78 is 10.8. The number of nitrogens with zero attached hydrogens (tertiary/aromatic N) is 2. The molecule has 2 N–H and O–H groups in total. The van der Waals surface area contributed by atoms with Crippen LogP contribution in [-0.4, -0.2) is 60.8 Å². The van der Waals surface area contributed by atoms with E-state index >= 15 is 0 Å². The van der Waals surface area contributed by atoms with Crippen molar-refractivity contribution in [2.75, 3.05) is 33.9 Å². The topological polar surface area (TPSA) is 96.5 Å². The SMILES string of the molecule is COC[C@H]1C[C@@H](c2ncc(-c3ccc(Br)cc3)[nH]2)N(C(=O)CNC(=O)OC)C1. The zero-order valence-corrected chi connectivity index (χ0v) is 17.4. The maximum absolute atomic E-state index is 12.7. The number of halogens is 1. The maximum Gasteiger partial charge on any atom is 0.407 e. The van der Waals surface area contributed by atoms with E-state index in [0.717, 1.165) is 28.0 Å². The number of aromatic nitrogens is 2. The molecule has 1 aromatic carbocycles. The Labute approximate surface area is 171 Å². The molecule has 1 aliphatic heterocycles. The summed E-state index contributed by atoms with van der Waals surface area (Å²) in [6.45, 7) is 0.989. The highest BCUT2D eigenvalue weighted by Crippen LogP contribution is 2.35. The number of H-pyrrole nitrogens is 1. The van der Waals surface area contributed by atoms with Crippen LogP contribution in [0.5, 0.6) is 0 Å². The van der Waals surface area contributed by atoms with Crippen LogP contribution in [-0.2, 0) is 14.3 Å². The van der Waals surface area contributed by atoms with Crippen LogP contribution < -0.4 is 5.32 Å². The van der Waals surface area contributed by atoms with E-state index < -0.39 is 6.09 Å². The molecule has 2 amide bonds. The lowest BCUT2D eigenvalue weighted by Gasteiger charge is -2.23. The summed E-state index contributed by atoms with van der Waals surface area (Å²) in [5.41, 5.74) is 1.90. The molecule has 1 fully saturated rings. The highest BCUT2D eigenvalue weighted by atomic mass is 79.9. The van der Waals surface area contributed by atoms with Gasteiger partial charge in [0.05, 0.1) is 31.6 Å². The van der Waals surface area contributed by atoms with Crippen LogP contribution in [0.25, 0.3) is 11.3 Å². The van der Waals surface area contributed by atoms with Gasteiger partial charge in [0.25, 0.3) is 0 Å². The fraction of sp³-hybridized carbons (Fsp3) is 0.421. The van der Waals surface area contributed by atoms with Gasteiger partial charge in [-0.3, -0.25) is 4.79 Å². The van der Waals surface area contributed by atoms with Crippen molar-refractivity contribution in [2.24, 2.45) is 5.92 Å². The van der Waals surface area contributed by atoms with Crippen LogP contribution >= 0.6 is 15.9 Å². The zero-order chi connectivity index (χ0) is 20.1. The molecule has 0 spiro atoms. The summed E-state index contributed by atoms with van der Waals surface area (Å²) >= 11 is 3.43. The lowest BCUT2D eigenvalue weighted by atomic mass is 10.1. The molecule has 2 atom stereocenters. The first-order valence-electron chi connectivity index (χ1n) is 8.93. The third-order valence-electron chi connectivity index (χ3n) is 4.75. The van der Waals surface area contributed by atoms with Crippen molar-refractivity contribution in [3.05, 3.63) is 40.8 Å². The standard InChI is InChI=1S/C19H23BrN4O4/c1-27-11-12-7-16(24(10-12)17(25)9-22-19(26)28-2)18-21-8-15(23-18)13-3-5-14(20)6-4-13/h3-6,8,12,16H,7,9-11H2,1-2H3,(H,21,23)(H,22,26)/t12-,16-/m0/s1. The number of methoxy groups -OCH3 is 2. The van der Waals surface area contributed by atoms with Crippen LogP contribution in [0.1, 0.15) is 18.3 Å². The first-order chi connectivity index (χ1) is 13.5. The van der Waals surface area contributed by atoms with Crippen LogP contribution in [0.15, 0.2) is 34.9 Å². The quantitative estimate of drug-likeness (QED) is 0.704. The number of alkyl carbamates (subject to hydrolysis) is 1. The maximum atomic E-state index is 12.7. The monoisotopic (exact) mass is 450 g/mol. The second-order valence-corrected chi connectivity index (χ2v) is 7.57. The Morgan fingerprint density at radius 3 is 2.75 bits per heavy atom. The molecule has 0 radical (unpaired) electrons. The fourth-order valence-corrected chi connectivity index (χ4v) is 3.68. The van der Waals surface area contributed by atoms with E-state index in [0.29, 0.717) is 13.2 Å². The van der Waals surface area contributed by atoms with Crippen molar-refractivity contribution in [1.29, 1.82) is 0 Å². The Kier molecular flexibility index (Phi) is 6.69. The van der Waals surface area contributed by atoms with E-state index in [2.05, 4.69) is 36.0 Å². The average molecular weight is 451 g/mol. The number of ether oxygens (including phenoxy) is 2. The van der Waals surface area contributed by atoms with Crippen molar-refractivity contribution in [3.8, 4) is 11.3 Å². The number of nitrogens with one attached hydrogen (secondary N) is 2. The minimum Gasteiger partial charge on any atom is -0.453 e. The van der Waals surface area contributed by atoms with E-state index in [-0.39, 0.29) is 24.4 Å². The van der Waals surface area contributed by atoms with E-state index in [9.17, 15) is 9.59 Å².